The van der Waals surface area contributed by atoms with Crippen LogP contribution in [0.25, 0.3) is 5.65 Å². The Hall–Kier alpha value is -1.73. The number of likely N-dealkylation sites (N-methyl/N-ethyl adjacent to an activating group) is 1. The van der Waals surface area contributed by atoms with E-state index in [2.05, 4.69) is 32.0 Å². The Balaban J connectivity index is 2.00. The molecule has 7 nitrogen and oxygen atoms in total. The number of nitrogens with two attached hydrogens (primary N) is 1. The lowest BCUT2D eigenvalue weighted by Crippen LogP contribution is -2.55. The lowest BCUT2D eigenvalue weighted by atomic mass is 10.1. The maximum atomic E-state index is 5.87. The van der Waals surface area contributed by atoms with Crippen LogP contribution in [0.2, 0.25) is 0 Å². The zero-order chi connectivity index (χ0) is 12.5. The van der Waals surface area contributed by atoms with Crippen LogP contribution >= 0.6 is 0 Å². The molecule has 0 bridgehead atoms. The molecule has 0 amide bonds. The summed E-state index contributed by atoms with van der Waals surface area (Å²) >= 11 is 0. The van der Waals surface area contributed by atoms with Gasteiger partial charge in [0.2, 0.25) is 5.65 Å². The number of rotatable bonds is 2. The van der Waals surface area contributed by atoms with Gasteiger partial charge in [-0.15, -0.1) is 10.2 Å². The second-order valence-electron chi connectivity index (χ2n) is 4.66. The van der Waals surface area contributed by atoms with Crippen molar-refractivity contribution in [1.29, 1.82) is 0 Å². The second kappa shape index (κ2) is 4.51. The van der Waals surface area contributed by atoms with Crippen LogP contribution in [0.4, 0.5) is 5.82 Å². The SMILES string of the molecule is CN1CCN(c2nccn3cnnc23)C(CN)C1. The lowest BCUT2D eigenvalue weighted by Gasteiger charge is -2.40. The summed E-state index contributed by atoms with van der Waals surface area (Å²) in [5, 5.41) is 8.06. The Bertz CT molecular complexity index is 537. The second-order valence-corrected chi connectivity index (χ2v) is 4.66. The van der Waals surface area contributed by atoms with Crippen molar-refractivity contribution in [3.05, 3.63) is 18.7 Å². The van der Waals surface area contributed by atoms with E-state index in [1.165, 1.54) is 0 Å². The highest BCUT2D eigenvalue weighted by Crippen LogP contribution is 2.20. The van der Waals surface area contributed by atoms with Gasteiger partial charge in [-0.1, -0.05) is 0 Å². The lowest BCUT2D eigenvalue weighted by molar-refractivity contribution is 0.269. The molecule has 18 heavy (non-hydrogen) atoms. The molecule has 0 spiro atoms. The zero-order valence-electron chi connectivity index (χ0n) is 10.4. The van der Waals surface area contributed by atoms with Crippen molar-refractivity contribution in [2.45, 2.75) is 6.04 Å². The molecule has 3 rings (SSSR count). The molecular formula is C11H17N7. The van der Waals surface area contributed by atoms with Crippen molar-refractivity contribution < 1.29 is 0 Å². The van der Waals surface area contributed by atoms with Gasteiger partial charge in [-0.2, -0.15) is 0 Å². The minimum Gasteiger partial charge on any atom is -0.347 e. The summed E-state index contributed by atoms with van der Waals surface area (Å²) in [4.78, 5) is 8.98. The number of hydrogen-bond donors (Lipinski definition) is 1. The largest absolute Gasteiger partial charge is 0.347 e. The molecule has 0 radical (unpaired) electrons. The average molecular weight is 247 g/mol. The summed E-state index contributed by atoms with van der Waals surface area (Å²) in [7, 11) is 2.12. The fraction of sp³-hybridized carbons (Fsp3) is 0.545. The summed E-state index contributed by atoms with van der Waals surface area (Å²) in [6, 6.07) is 0.277. The molecule has 0 aliphatic carbocycles. The van der Waals surface area contributed by atoms with E-state index in [0.717, 1.165) is 31.1 Å². The summed E-state index contributed by atoms with van der Waals surface area (Å²) in [5.41, 5.74) is 6.67. The van der Waals surface area contributed by atoms with Crippen LogP contribution in [0.15, 0.2) is 18.7 Å². The third-order valence-electron chi connectivity index (χ3n) is 3.43. The van der Waals surface area contributed by atoms with Crippen molar-refractivity contribution in [3.63, 3.8) is 0 Å². The first kappa shape index (κ1) is 11.4. The highest BCUT2D eigenvalue weighted by atomic mass is 15.3. The van der Waals surface area contributed by atoms with Gasteiger partial charge in [0.25, 0.3) is 0 Å². The molecule has 1 fully saturated rings. The van der Waals surface area contributed by atoms with Gasteiger partial charge in [0, 0.05) is 38.6 Å². The number of fused-ring (bicyclic) bond motifs is 1. The van der Waals surface area contributed by atoms with E-state index in [1.54, 1.807) is 12.5 Å². The average Bonchev–Trinajstić information content (AvgIpc) is 2.86. The van der Waals surface area contributed by atoms with E-state index in [4.69, 9.17) is 5.73 Å². The summed E-state index contributed by atoms with van der Waals surface area (Å²) in [6.07, 6.45) is 5.32. The molecule has 1 aliphatic heterocycles. The third-order valence-corrected chi connectivity index (χ3v) is 3.43. The van der Waals surface area contributed by atoms with Crippen LogP contribution in [0.1, 0.15) is 0 Å². The molecule has 1 unspecified atom stereocenters. The summed E-state index contributed by atoms with van der Waals surface area (Å²) < 4.78 is 1.88. The van der Waals surface area contributed by atoms with Gasteiger partial charge in [-0.3, -0.25) is 4.40 Å². The van der Waals surface area contributed by atoms with E-state index in [-0.39, 0.29) is 6.04 Å². The standard InChI is InChI=1S/C11H17N7/c1-16-4-5-18(9(6-12)7-16)10-11-15-14-8-17(11)3-2-13-10/h2-3,8-9H,4-7,12H2,1H3. The minimum atomic E-state index is 0.277. The van der Waals surface area contributed by atoms with Gasteiger partial charge in [0.15, 0.2) is 5.82 Å². The topological polar surface area (TPSA) is 75.6 Å². The van der Waals surface area contributed by atoms with E-state index >= 15 is 0 Å². The first-order valence-corrected chi connectivity index (χ1v) is 6.09. The fourth-order valence-electron chi connectivity index (χ4n) is 2.44. The quantitative estimate of drug-likeness (QED) is 0.749. The number of aromatic nitrogens is 4. The third kappa shape index (κ3) is 1.81. The molecule has 2 N–H and O–H groups in total. The highest BCUT2D eigenvalue weighted by molar-refractivity contribution is 5.64. The number of anilines is 1. The maximum absolute atomic E-state index is 5.87. The predicted octanol–water partition coefficient (Wildman–Crippen LogP) is -0.797. The van der Waals surface area contributed by atoms with Gasteiger partial charge in [0.1, 0.15) is 6.33 Å². The molecule has 0 aromatic carbocycles. The molecular weight excluding hydrogens is 230 g/mol. The van der Waals surface area contributed by atoms with Crippen molar-refractivity contribution in [2.75, 3.05) is 38.1 Å². The summed E-state index contributed by atoms with van der Waals surface area (Å²) in [6.45, 7) is 3.49. The van der Waals surface area contributed by atoms with Crippen LogP contribution in [0.3, 0.4) is 0 Å². The van der Waals surface area contributed by atoms with Crippen LogP contribution in [0, 0.1) is 0 Å². The number of nitrogens with zero attached hydrogens (tertiary/aromatic N) is 6. The van der Waals surface area contributed by atoms with Gasteiger partial charge < -0.3 is 15.5 Å². The normalized spacial score (nSPS) is 21.7. The molecule has 1 atom stereocenters. The Morgan fingerprint density at radius 1 is 1.44 bits per heavy atom. The highest BCUT2D eigenvalue weighted by Gasteiger charge is 2.27. The molecule has 0 saturated carbocycles. The van der Waals surface area contributed by atoms with Crippen LogP contribution in [0.5, 0.6) is 0 Å². The van der Waals surface area contributed by atoms with Gasteiger partial charge in [0.05, 0.1) is 6.04 Å². The smallest absolute Gasteiger partial charge is 0.203 e. The van der Waals surface area contributed by atoms with Crippen molar-refractivity contribution in [3.8, 4) is 0 Å². The molecule has 1 saturated heterocycles. The molecule has 7 heteroatoms. The van der Waals surface area contributed by atoms with Gasteiger partial charge >= 0.3 is 0 Å². The zero-order valence-corrected chi connectivity index (χ0v) is 10.4. The molecule has 2 aromatic rings. The minimum absolute atomic E-state index is 0.277. The Labute approximate surface area is 105 Å². The number of piperazine rings is 1. The predicted molar refractivity (Wildman–Crippen MR) is 68.5 cm³/mol. The number of hydrogen-bond acceptors (Lipinski definition) is 6. The Morgan fingerprint density at radius 2 is 2.33 bits per heavy atom. The van der Waals surface area contributed by atoms with Gasteiger partial charge in [-0.05, 0) is 7.05 Å². The van der Waals surface area contributed by atoms with E-state index in [9.17, 15) is 0 Å². The van der Waals surface area contributed by atoms with Crippen molar-refractivity contribution in [2.24, 2.45) is 5.73 Å². The summed E-state index contributed by atoms with van der Waals surface area (Å²) in [5.74, 6) is 0.874. The molecule has 1 aliphatic rings. The van der Waals surface area contributed by atoms with Crippen LogP contribution < -0.4 is 10.6 Å². The van der Waals surface area contributed by atoms with E-state index in [1.807, 2.05) is 10.6 Å². The van der Waals surface area contributed by atoms with Gasteiger partial charge in [-0.25, -0.2) is 4.98 Å². The Kier molecular flexibility index (Phi) is 2.85. The molecule has 2 aromatic heterocycles. The Morgan fingerprint density at radius 3 is 3.17 bits per heavy atom. The first-order chi connectivity index (χ1) is 8.79. The van der Waals surface area contributed by atoms with E-state index < -0.39 is 0 Å². The maximum Gasteiger partial charge on any atom is 0.203 e. The van der Waals surface area contributed by atoms with E-state index in [0.29, 0.717) is 6.54 Å². The fourth-order valence-corrected chi connectivity index (χ4v) is 2.44. The molecule has 3 heterocycles. The molecule has 96 valence electrons. The van der Waals surface area contributed by atoms with Crippen molar-refractivity contribution >= 4 is 11.5 Å². The van der Waals surface area contributed by atoms with Crippen LogP contribution in [-0.2, 0) is 0 Å². The van der Waals surface area contributed by atoms with Crippen molar-refractivity contribution in [1.82, 2.24) is 24.5 Å². The monoisotopic (exact) mass is 247 g/mol. The van der Waals surface area contributed by atoms with Crippen LogP contribution in [-0.4, -0.2) is 63.8 Å². The first-order valence-electron chi connectivity index (χ1n) is 6.09.